The van der Waals surface area contributed by atoms with Crippen LogP contribution in [0.25, 0.3) is 11.4 Å². The molecule has 1 fully saturated rings. The Hall–Kier alpha value is -3.06. The van der Waals surface area contributed by atoms with Crippen molar-refractivity contribution in [1.82, 2.24) is 24.6 Å². The van der Waals surface area contributed by atoms with Gasteiger partial charge in [0.05, 0.1) is 31.2 Å². The van der Waals surface area contributed by atoms with Gasteiger partial charge in [-0.3, -0.25) is 4.79 Å². The zero-order chi connectivity index (χ0) is 21.6. The molecule has 1 saturated carbocycles. The minimum atomic E-state index is -0.0829. The molecular formula is C24H29N5O2. The van der Waals surface area contributed by atoms with E-state index in [9.17, 15) is 4.79 Å². The molecule has 0 spiro atoms. The first-order valence-electron chi connectivity index (χ1n) is 10.9. The summed E-state index contributed by atoms with van der Waals surface area (Å²) in [6.07, 6.45) is 7.93. The van der Waals surface area contributed by atoms with E-state index in [-0.39, 0.29) is 5.56 Å². The maximum absolute atomic E-state index is 12.3. The standard InChI is InChI=1S/C24H29N5O2/c1-28(2)12-5-13-31-21-15-25-24(26-16-21)20-9-3-6-18(14-20)17-29-23(30)11-10-22(27-29)19-7-4-8-19/h3,6,9-11,14-16,19H,4-5,7-8,12-13,17H2,1-2H3. The van der Waals surface area contributed by atoms with Crippen molar-refractivity contribution in [2.75, 3.05) is 27.2 Å². The third kappa shape index (κ3) is 5.55. The molecule has 0 saturated heterocycles. The monoisotopic (exact) mass is 419 g/mol. The number of nitrogens with zero attached hydrogens (tertiary/aromatic N) is 5. The van der Waals surface area contributed by atoms with E-state index in [1.807, 2.05) is 44.4 Å². The van der Waals surface area contributed by atoms with Crippen molar-refractivity contribution in [3.63, 3.8) is 0 Å². The maximum atomic E-state index is 12.3. The lowest BCUT2D eigenvalue weighted by Gasteiger charge is -2.24. The Kier molecular flexibility index (Phi) is 6.72. The lowest BCUT2D eigenvalue weighted by atomic mass is 9.83. The van der Waals surface area contributed by atoms with Crippen molar-refractivity contribution < 1.29 is 4.74 Å². The van der Waals surface area contributed by atoms with Gasteiger partial charge in [0.15, 0.2) is 11.6 Å². The van der Waals surface area contributed by atoms with Gasteiger partial charge in [-0.15, -0.1) is 0 Å². The average molecular weight is 420 g/mol. The van der Waals surface area contributed by atoms with Crippen molar-refractivity contribution in [3.05, 3.63) is 70.4 Å². The van der Waals surface area contributed by atoms with Gasteiger partial charge in [0, 0.05) is 24.1 Å². The van der Waals surface area contributed by atoms with Crippen LogP contribution in [0.4, 0.5) is 0 Å². The summed E-state index contributed by atoms with van der Waals surface area (Å²) in [5.74, 6) is 1.79. The van der Waals surface area contributed by atoms with Crippen LogP contribution in [0.3, 0.4) is 0 Å². The predicted molar refractivity (Wildman–Crippen MR) is 120 cm³/mol. The third-order valence-corrected chi connectivity index (χ3v) is 5.57. The molecule has 0 aliphatic heterocycles. The van der Waals surface area contributed by atoms with E-state index in [2.05, 4.69) is 20.0 Å². The van der Waals surface area contributed by atoms with Crippen LogP contribution in [0, 0.1) is 0 Å². The Balaban J connectivity index is 1.43. The summed E-state index contributed by atoms with van der Waals surface area (Å²) in [6, 6.07) is 11.4. The van der Waals surface area contributed by atoms with Crippen LogP contribution in [0.5, 0.6) is 5.75 Å². The minimum absolute atomic E-state index is 0.0829. The van der Waals surface area contributed by atoms with Crippen LogP contribution in [0.1, 0.15) is 42.9 Å². The van der Waals surface area contributed by atoms with E-state index in [0.29, 0.717) is 30.6 Å². The van der Waals surface area contributed by atoms with Crippen molar-refractivity contribution in [1.29, 1.82) is 0 Å². The maximum Gasteiger partial charge on any atom is 0.267 e. The molecule has 1 aliphatic rings. The summed E-state index contributed by atoms with van der Waals surface area (Å²) >= 11 is 0. The zero-order valence-corrected chi connectivity index (χ0v) is 18.2. The van der Waals surface area contributed by atoms with Crippen LogP contribution in [-0.2, 0) is 6.54 Å². The molecule has 162 valence electrons. The van der Waals surface area contributed by atoms with E-state index in [0.717, 1.165) is 42.6 Å². The van der Waals surface area contributed by atoms with Gasteiger partial charge in [-0.05, 0) is 51.1 Å². The van der Waals surface area contributed by atoms with Gasteiger partial charge in [-0.1, -0.05) is 24.6 Å². The van der Waals surface area contributed by atoms with Crippen molar-refractivity contribution >= 4 is 0 Å². The summed E-state index contributed by atoms with van der Waals surface area (Å²) < 4.78 is 7.26. The highest BCUT2D eigenvalue weighted by atomic mass is 16.5. The quantitative estimate of drug-likeness (QED) is 0.495. The number of benzene rings is 1. The van der Waals surface area contributed by atoms with E-state index >= 15 is 0 Å². The fourth-order valence-corrected chi connectivity index (χ4v) is 3.59. The highest BCUT2D eigenvalue weighted by Gasteiger charge is 2.21. The Labute approximate surface area is 182 Å². The van der Waals surface area contributed by atoms with Gasteiger partial charge < -0.3 is 9.64 Å². The second kappa shape index (κ2) is 9.83. The summed E-state index contributed by atoms with van der Waals surface area (Å²) in [5, 5.41) is 4.60. The van der Waals surface area contributed by atoms with Crippen LogP contribution in [0.15, 0.2) is 53.6 Å². The third-order valence-electron chi connectivity index (χ3n) is 5.57. The highest BCUT2D eigenvalue weighted by Crippen LogP contribution is 2.34. The van der Waals surface area contributed by atoms with Gasteiger partial charge in [-0.25, -0.2) is 14.6 Å². The summed E-state index contributed by atoms with van der Waals surface area (Å²) in [5.41, 5.74) is 2.83. The molecule has 0 bridgehead atoms. The van der Waals surface area contributed by atoms with Crippen LogP contribution in [0.2, 0.25) is 0 Å². The molecule has 7 nitrogen and oxygen atoms in total. The van der Waals surface area contributed by atoms with Crippen molar-refractivity contribution in [2.45, 2.75) is 38.1 Å². The largest absolute Gasteiger partial charge is 0.490 e. The lowest BCUT2D eigenvalue weighted by Crippen LogP contribution is -2.25. The predicted octanol–water partition coefficient (Wildman–Crippen LogP) is 3.35. The minimum Gasteiger partial charge on any atom is -0.490 e. The Bertz CT molecular complexity index is 1060. The molecule has 1 aromatic carbocycles. The fraction of sp³-hybridized carbons (Fsp3) is 0.417. The Morgan fingerprint density at radius 3 is 2.65 bits per heavy atom. The number of hydrogen-bond acceptors (Lipinski definition) is 6. The average Bonchev–Trinajstić information content (AvgIpc) is 2.73. The normalized spacial score (nSPS) is 13.9. The SMILES string of the molecule is CN(C)CCCOc1cnc(-c2cccc(Cn3nc(C4CCC4)ccc3=O)c2)nc1. The molecule has 0 amide bonds. The molecule has 2 aromatic heterocycles. The first-order valence-corrected chi connectivity index (χ1v) is 10.9. The van der Waals surface area contributed by atoms with Gasteiger partial charge in [0.25, 0.3) is 5.56 Å². The van der Waals surface area contributed by atoms with E-state index in [1.54, 1.807) is 23.1 Å². The highest BCUT2D eigenvalue weighted by molar-refractivity contribution is 5.56. The van der Waals surface area contributed by atoms with Crippen molar-refractivity contribution in [2.24, 2.45) is 0 Å². The lowest BCUT2D eigenvalue weighted by molar-refractivity contribution is 0.280. The molecule has 7 heteroatoms. The summed E-state index contributed by atoms with van der Waals surface area (Å²) in [4.78, 5) is 23.3. The van der Waals surface area contributed by atoms with Crippen LogP contribution >= 0.6 is 0 Å². The molecule has 0 atom stereocenters. The summed E-state index contributed by atoms with van der Waals surface area (Å²) in [6.45, 7) is 2.05. The second-order valence-electron chi connectivity index (χ2n) is 8.33. The van der Waals surface area contributed by atoms with Gasteiger partial charge in [0.2, 0.25) is 0 Å². The Morgan fingerprint density at radius 2 is 1.94 bits per heavy atom. The number of rotatable bonds is 9. The number of hydrogen-bond donors (Lipinski definition) is 0. The van der Waals surface area contributed by atoms with E-state index in [1.165, 1.54) is 6.42 Å². The van der Waals surface area contributed by atoms with E-state index in [4.69, 9.17) is 4.74 Å². The first kappa shape index (κ1) is 21.2. The van der Waals surface area contributed by atoms with Gasteiger partial charge >= 0.3 is 0 Å². The van der Waals surface area contributed by atoms with Gasteiger partial charge in [-0.2, -0.15) is 5.10 Å². The molecule has 2 heterocycles. The molecule has 4 rings (SSSR count). The first-order chi connectivity index (χ1) is 15.1. The topological polar surface area (TPSA) is 73.1 Å². The molecular weight excluding hydrogens is 390 g/mol. The molecule has 31 heavy (non-hydrogen) atoms. The molecule has 0 N–H and O–H groups in total. The zero-order valence-electron chi connectivity index (χ0n) is 18.2. The Morgan fingerprint density at radius 1 is 1.13 bits per heavy atom. The molecule has 0 radical (unpaired) electrons. The van der Waals surface area contributed by atoms with Crippen LogP contribution < -0.4 is 10.3 Å². The van der Waals surface area contributed by atoms with E-state index < -0.39 is 0 Å². The van der Waals surface area contributed by atoms with Crippen LogP contribution in [-0.4, -0.2) is 51.9 Å². The number of aromatic nitrogens is 4. The fourth-order valence-electron chi connectivity index (χ4n) is 3.59. The smallest absolute Gasteiger partial charge is 0.267 e. The second-order valence-corrected chi connectivity index (χ2v) is 8.33. The molecule has 0 unspecified atom stereocenters. The van der Waals surface area contributed by atoms with Crippen molar-refractivity contribution in [3.8, 4) is 17.1 Å². The number of ether oxygens (including phenoxy) is 1. The summed E-state index contributed by atoms with van der Waals surface area (Å²) in [7, 11) is 4.09. The van der Waals surface area contributed by atoms with Gasteiger partial charge in [0.1, 0.15) is 0 Å². The molecule has 3 aromatic rings. The molecule has 1 aliphatic carbocycles.